The number of fused-ring (bicyclic) bond motifs is 1. The van der Waals surface area contributed by atoms with E-state index in [2.05, 4.69) is 20.6 Å². The summed E-state index contributed by atoms with van der Waals surface area (Å²) < 4.78 is 15.9. The lowest BCUT2D eigenvalue weighted by Crippen LogP contribution is -1.93. The summed E-state index contributed by atoms with van der Waals surface area (Å²) in [5.74, 6) is 2.10. The molecule has 20 heavy (non-hydrogen) atoms. The number of nitrogens with two attached hydrogens (primary N) is 1. The maximum absolute atomic E-state index is 5.89. The Balaban J connectivity index is 1.88. The molecule has 1 aromatic carbocycles. The molecule has 1 aliphatic rings. The molecule has 100 valence electrons. The predicted molar refractivity (Wildman–Crippen MR) is 67.9 cm³/mol. The summed E-state index contributed by atoms with van der Waals surface area (Å²) in [6.45, 7) is 0.216. The number of nitrogens with one attached hydrogen (secondary N) is 1. The highest BCUT2D eigenvalue weighted by molar-refractivity contribution is 5.86. The van der Waals surface area contributed by atoms with Gasteiger partial charge in [0.25, 0.3) is 0 Å². The molecule has 3 N–H and O–H groups in total. The number of ether oxygens (including phenoxy) is 2. The fraction of sp³-hybridized carbons (Fsp3) is 0.0833. The van der Waals surface area contributed by atoms with E-state index in [1.165, 1.54) is 6.20 Å². The first-order chi connectivity index (χ1) is 9.83. The van der Waals surface area contributed by atoms with E-state index in [1.807, 2.05) is 18.2 Å². The molecule has 4 rings (SSSR count). The summed E-state index contributed by atoms with van der Waals surface area (Å²) in [4.78, 5) is 0. The molecule has 0 saturated carbocycles. The molecule has 3 heterocycles. The molecule has 0 unspecified atom stereocenters. The Morgan fingerprint density at radius 1 is 1.20 bits per heavy atom. The third kappa shape index (κ3) is 1.51. The van der Waals surface area contributed by atoms with Crippen molar-refractivity contribution in [3.63, 3.8) is 0 Å². The van der Waals surface area contributed by atoms with E-state index >= 15 is 0 Å². The fourth-order valence-electron chi connectivity index (χ4n) is 2.12. The van der Waals surface area contributed by atoms with Crippen molar-refractivity contribution in [3.8, 4) is 34.1 Å². The molecule has 0 spiro atoms. The quantitative estimate of drug-likeness (QED) is 0.725. The zero-order valence-corrected chi connectivity index (χ0v) is 10.2. The molecule has 1 aliphatic heterocycles. The highest BCUT2D eigenvalue weighted by Crippen LogP contribution is 2.40. The van der Waals surface area contributed by atoms with E-state index in [-0.39, 0.29) is 12.6 Å². The van der Waals surface area contributed by atoms with Crippen molar-refractivity contribution in [2.75, 3.05) is 12.5 Å². The number of anilines is 1. The third-order valence-electron chi connectivity index (χ3n) is 3.03. The van der Waals surface area contributed by atoms with Gasteiger partial charge in [0.1, 0.15) is 0 Å². The Morgan fingerprint density at radius 2 is 2.10 bits per heavy atom. The van der Waals surface area contributed by atoms with Gasteiger partial charge in [-0.3, -0.25) is 0 Å². The maximum Gasteiger partial charge on any atom is 0.231 e. The summed E-state index contributed by atoms with van der Waals surface area (Å²) >= 11 is 0. The van der Waals surface area contributed by atoms with Gasteiger partial charge in [-0.25, -0.2) is 0 Å². The molecule has 3 aromatic rings. The van der Waals surface area contributed by atoms with Crippen LogP contribution in [-0.4, -0.2) is 27.4 Å². The molecular formula is C12H9N5O3. The van der Waals surface area contributed by atoms with Crippen LogP contribution in [0.2, 0.25) is 0 Å². The predicted octanol–water partition coefficient (Wildman–Crippen LogP) is 1.44. The van der Waals surface area contributed by atoms with Crippen LogP contribution >= 0.6 is 0 Å². The number of nitrogens with zero attached hydrogens (tertiary/aromatic N) is 3. The molecule has 0 aliphatic carbocycles. The average Bonchev–Trinajstić information content (AvgIpc) is 3.17. The maximum atomic E-state index is 5.89. The van der Waals surface area contributed by atoms with Crippen LogP contribution in [-0.2, 0) is 0 Å². The number of H-pyrrole nitrogens is 1. The van der Waals surface area contributed by atoms with E-state index < -0.39 is 0 Å². The van der Waals surface area contributed by atoms with Gasteiger partial charge in [0.2, 0.25) is 6.79 Å². The van der Waals surface area contributed by atoms with Gasteiger partial charge in [0, 0.05) is 0 Å². The molecule has 0 radical (unpaired) electrons. The van der Waals surface area contributed by atoms with Gasteiger partial charge >= 0.3 is 0 Å². The van der Waals surface area contributed by atoms with Crippen LogP contribution in [0.15, 0.2) is 28.9 Å². The van der Waals surface area contributed by atoms with Crippen molar-refractivity contribution in [1.82, 2.24) is 20.6 Å². The largest absolute Gasteiger partial charge is 0.454 e. The molecule has 0 amide bonds. The Labute approximate surface area is 112 Å². The Bertz CT molecular complexity index is 766. The molecule has 0 fully saturated rings. The fourth-order valence-corrected chi connectivity index (χ4v) is 2.12. The molecule has 0 saturated heterocycles. The van der Waals surface area contributed by atoms with Crippen LogP contribution in [0.1, 0.15) is 0 Å². The number of aromatic nitrogens is 4. The van der Waals surface area contributed by atoms with Gasteiger partial charge < -0.3 is 19.7 Å². The van der Waals surface area contributed by atoms with Gasteiger partial charge in [-0.15, -0.1) is 0 Å². The molecule has 0 bridgehead atoms. The van der Waals surface area contributed by atoms with Crippen LogP contribution in [0.3, 0.4) is 0 Å². The zero-order chi connectivity index (χ0) is 13.5. The van der Waals surface area contributed by atoms with Crippen LogP contribution in [0.5, 0.6) is 11.5 Å². The minimum atomic E-state index is 0.216. The van der Waals surface area contributed by atoms with Crippen LogP contribution in [0.4, 0.5) is 5.82 Å². The minimum absolute atomic E-state index is 0.216. The third-order valence-corrected chi connectivity index (χ3v) is 3.03. The van der Waals surface area contributed by atoms with Crippen LogP contribution in [0.25, 0.3) is 22.6 Å². The minimum Gasteiger partial charge on any atom is -0.454 e. The summed E-state index contributed by atoms with van der Waals surface area (Å²) in [5, 5.41) is 14.0. The van der Waals surface area contributed by atoms with Gasteiger partial charge in [-0.05, 0) is 17.7 Å². The zero-order valence-electron chi connectivity index (χ0n) is 10.2. The highest BCUT2D eigenvalue weighted by Gasteiger charge is 2.22. The number of hydrogen-bond donors (Lipinski definition) is 2. The topological polar surface area (TPSA) is 112 Å². The second-order valence-corrected chi connectivity index (χ2v) is 4.20. The average molecular weight is 271 g/mol. The molecule has 0 atom stereocenters. The molecule has 8 nitrogen and oxygen atoms in total. The number of rotatable bonds is 2. The van der Waals surface area contributed by atoms with Crippen molar-refractivity contribution >= 4 is 5.82 Å². The Hall–Kier alpha value is -3.03. The van der Waals surface area contributed by atoms with Crippen LogP contribution < -0.4 is 15.2 Å². The van der Waals surface area contributed by atoms with Gasteiger partial charge in [0.15, 0.2) is 28.8 Å². The van der Waals surface area contributed by atoms with Crippen molar-refractivity contribution in [2.24, 2.45) is 0 Å². The number of hydrogen-bond acceptors (Lipinski definition) is 7. The number of benzene rings is 1. The first-order valence-corrected chi connectivity index (χ1v) is 5.84. The Kier molecular flexibility index (Phi) is 2.16. The second kappa shape index (κ2) is 3.98. The standard InChI is InChI=1S/C12H9N5O3/c13-12-10(11(20-16-12)7-4-14-17-15-7)6-1-2-8-9(3-6)19-5-18-8/h1-4H,5H2,(H2,13,16)(H,14,15,17). The smallest absolute Gasteiger partial charge is 0.231 e. The number of nitrogen functional groups attached to an aromatic ring is 1. The van der Waals surface area contributed by atoms with Crippen molar-refractivity contribution in [2.45, 2.75) is 0 Å². The van der Waals surface area contributed by atoms with Crippen molar-refractivity contribution < 1.29 is 14.0 Å². The van der Waals surface area contributed by atoms with E-state index in [0.29, 0.717) is 28.5 Å². The van der Waals surface area contributed by atoms with Gasteiger partial charge in [0.05, 0.1) is 11.8 Å². The summed E-state index contributed by atoms with van der Waals surface area (Å²) in [6, 6.07) is 5.51. The van der Waals surface area contributed by atoms with E-state index in [1.54, 1.807) is 0 Å². The normalized spacial score (nSPS) is 12.8. The lowest BCUT2D eigenvalue weighted by atomic mass is 10.0. The van der Waals surface area contributed by atoms with Gasteiger partial charge in [-0.1, -0.05) is 11.2 Å². The van der Waals surface area contributed by atoms with Crippen LogP contribution in [0, 0.1) is 0 Å². The molecular weight excluding hydrogens is 262 g/mol. The lowest BCUT2D eigenvalue weighted by Gasteiger charge is -2.02. The van der Waals surface area contributed by atoms with Crippen molar-refractivity contribution in [1.29, 1.82) is 0 Å². The monoisotopic (exact) mass is 271 g/mol. The molecule has 2 aromatic heterocycles. The molecule has 8 heteroatoms. The second-order valence-electron chi connectivity index (χ2n) is 4.20. The Morgan fingerprint density at radius 3 is 2.95 bits per heavy atom. The summed E-state index contributed by atoms with van der Waals surface area (Å²) in [6.07, 6.45) is 1.54. The van der Waals surface area contributed by atoms with Gasteiger partial charge in [-0.2, -0.15) is 15.4 Å². The van der Waals surface area contributed by atoms with E-state index in [0.717, 1.165) is 5.56 Å². The first-order valence-electron chi connectivity index (χ1n) is 5.84. The summed E-state index contributed by atoms with van der Waals surface area (Å²) in [5.41, 5.74) is 7.88. The van der Waals surface area contributed by atoms with E-state index in [9.17, 15) is 0 Å². The first kappa shape index (κ1) is 10.9. The lowest BCUT2D eigenvalue weighted by molar-refractivity contribution is 0.174. The SMILES string of the molecule is Nc1noc(-c2cn[nH]n2)c1-c1ccc2c(c1)OCO2. The van der Waals surface area contributed by atoms with E-state index in [4.69, 9.17) is 19.7 Å². The van der Waals surface area contributed by atoms with Crippen molar-refractivity contribution in [3.05, 3.63) is 24.4 Å². The number of aromatic amines is 1. The highest BCUT2D eigenvalue weighted by atomic mass is 16.7. The summed E-state index contributed by atoms with van der Waals surface area (Å²) in [7, 11) is 0.